The molecule has 0 amide bonds. The van der Waals surface area contributed by atoms with Crippen LogP contribution in [0.15, 0.2) is 106 Å². The fraction of sp³-hybridized carbons (Fsp3) is 0.362. The zero-order chi connectivity index (χ0) is 45.5. The van der Waals surface area contributed by atoms with Crippen molar-refractivity contribution in [2.24, 2.45) is 0 Å². The van der Waals surface area contributed by atoms with Gasteiger partial charge in [-0.25, -0.2) is 0 Å². The number of hydrogen-bond donors (Lipinski definition) is 0. The number of benzene rings is 4. The number of allylic oxidation sites excluding steroid dienone is 2. The van der Waals surface area contributed by atoms with Crippen LogP contribution < -0.4 is 0 Å². The lowest BCUT2D eigenvalue weighted by Gasteiger charge is -2.32. The molecule has 0 unspecified atom stereocenters. The van der Waals surface area contributed by atoms with Crippen LogP contribution in [0.3, 0.4) is 0 Å². The van der Waals surface area contributed by atoms with E-state index in [2.05, 4.69) is 0 Å². The molecule has 4 aromatic carbocycles. The maximum absolute atomic E-state index is 16.1. The van der Waals surface area contributed by atoms with E-state index in [0.29, 0.717) is 62.8 Å². The van der Waals surface area contributed by atoms with Crippen LogP contribution in [0.1, 0.15) is 77.6 Å². The van der Waals surface area contributed by atoms with E-state index in [1.54, 1.807) is 128 Å². The standard InChI is InChI=1S/C47H40F6N4O4S2/c1-41(2)42(3,4)55(59)39(54(41)58)25-13-9-23(10-14-25)27-17-19-29-31(21-27)62-37-33(29)35-36(46(50,51)47(52,53)45(35,48)49)34-30-20-18-28(22-32(30)63-38(34)37)24-11-15-26(16-12-24)40-56(60)43(5,6)44(7,8)57(40)61/h9-22,37-38H,1-8H3/t37-,38-/m1/s1. The van der Waals surface area contributed by atoms with Gasteiger partial charge in [0.05, 0.1) is 21.6 Å². The van der Waals surface area contributed by atoms with E-state index in [4.69, 9.17) is 0 Å². The van der Waals surface area contributed by atoms with Gasteiger partial charge in [0.2, 0.25) is 0 Å². The number of amidine groups is 2. The highest BCUT2D eigenvalue weighted by atomic mass is 32.2. The van der Waals surface area contributed by atoms with E-state index < -0.39 is 61.6 Å². The topological polar surface area (TPSA) is 98.4 Å². The van der Waals surface area contributed by atoms with Gasteiger partial charge in [-0.05, 0) is 136 Å². The van der Waals surface area contributed by atoms with Crippen molar-refractivity contribution < 1.29 is 46.2 Å². The molecule has 0 bridgehead atoms. The molecule has 4 aliphatic heterocycles. The highest BCUT2D eigenvalue weighted by Gasteiger charge is 2.83. The Bertz CT molecular complexity index is 2660. The van der Waals surface area contributed by atoms with Crippen molar-refractivity contribution in [1.29, 1.82) is 0 Å². The average Bonchev–Trinajstić information content (AvgIpc) is 3.89. The van der Waals surface area contributed by atoms with Gasteiger partial charge in [0.25, 0.3) is 0 Å². The molecule has 0 aromatic heterocycles. The maximum Gasteiger partial charge on any atom is 0.380 e. The molecule has 6 aliphatic rings. The lowest BCUT2D eigenvalue weighted by molar-refractivity contribution is -0.539. The summed E-state index contributed by atoms with van der Waals surface area (Å²) in [5.74, 6) is -16.1. The van der Waals surface area contributed by atoms with E-state index in [-0.39, 0.29) is 33.9 Å². The van der Waals surface area contributed by atoms with Crippen LogP contribution in [0.2, 0.25) is 0 Å². The SMILES string of the molecule is CC1(C)N([O])C(c2ccc(-c3ccc4c(c3)S[C@@H]3C4=C4C(=C5c6ccc(-c7ccc(C8=[N+]([O-])C(C)(C)C(C)(C)N8[O])cc7)cc6S[C@H]53)C(F)(F)C(F)(F)C4(F)F)cc2)=[N+]([O-])C1(C)C. The first-order valence-corrected chi connectivity index (χ1v) is 22.1. The van der Waals surface area contributed by atoms with Crippen molar-refractivity contribution in [3.05, 3.63) is 129 Å². The molecule has 2 radical (unpaired) electrons. The summed E-state index contributed by atoms with van der Waals surface area (Å²) in [7, 11) is 0. The zero-order valence-electron chi connectivity index (χ0n) is 35.2. The van der Waals surface area contributed by atoms with Crippen LogP contribution in [-0.4, -0.2) is 81.7 Å². The summed E-state index contributed by atoms with van der Waals surface area (Å²) in [5, 5.41) is 52.6. The predicted molar refractivity (Wildman–Crippen MR) is 229 cm³/mol. The number of hydroxylamine groups is 6. The number of halogens is 6. The van der Waals surface area contributed by atoms with E-state index >= 15 is 26.3 Å². The van der Waals surface area contributed by atoms with E-state index in [9.17, 15) is 20.8 Å². The minimum absolute atomic E-state index is 0.0376. The van der Waals surface area contributed by atoms with Crippen LogP contribution in [0.4, 0.5) is 26.3 Å². The Labute approximate surface area is 368 Å². The van der Waals surface area contributed by atoms with Crippen molar-refractivity contribution >= 4 is 46.3 Å². The lowest BCUT2D eigenvalue weighted by Crippen LogP contribution is -2.53. The summed E-state index contributed by atoms with van der Waals surface area (Å²) < 4.78 is 96.9. The fourth-order valence-electron chi connectivity index (χ4n) is 9.47. The average molecular weight is 903 g/mol. The number of thioether (sulfide) groups is 2. The van der Waals surface area contributed by atoms with Crippen molar-refractivity contribution in [2.75, 3.05) is 0 Å². The molecular formula is C47H40F6N4O4S2. The fourth-order valence-corrected chi connectivity index (χ4v) is 12.6. The Balaban J connectivity index is 1.02. The Kier molecular flexibility index (Phi) is 8.46. The van der Waals surface area contributed by atoms with Gasteiger partial charge < -0.3 is 10.4 Å². The van der Waals surface area contributed by atoms with Crippen molar-refractivity contribution in [1.82, 2.24) is 10.1 Å². The van der Waals surface area contributed by atoms with Crippen molar-refractivity contribution in [3.8, 4) is 22.3 Å². The van der Waals surface area contributed by atoms with Crippen LogP contribution >= 0.6 is 23.5 Å². The third-order valence-corrected chi connectivity index (χ3v) is 17.7. The van der Waals surface area contributed by atoms with Gasteiger partial charge in [0.15, 0.2) is 11.1 Å². The molecule has 4 heterocycles. The highest BCUT2D eigenvalue weighted by molar-refractivity contribution is 8.05. The summed E-state index contributed by atoms with van der Waals surface area (Å²) in [6, 6.07) is 23.1. The van der Waals surface area contributed by atoms with Crippen LogP contribution in [-0.2, 0) is 10.4 Å². The molecule has 8 nitrogen and oxygen atoms in total. The lowest BCUT2D eigenvalue weighted by atomic mass is 9.79. The summed E-state index contributed by atoms with van der Waals surface area (Å²) in [6.45, 7) is 13.6. The summed E-state index contributed by atoms with van der Waals surface area (Å²) in [4.78, 5) is 0.920. The number of fused-ring (bicyclic) bond motifs is 8. The molecule has 2 atom stereocenters. The minimum atomic E-state index is -5.70. The normalized spacial score (nSPS) is 26.0. The van der Waals surface area contributed by atoms with Gasteiger partial charge in [0, 0.05) is 31.4 Å². The van der Waals surface area contributed by atoms with Crippen molar-refractivity contribution in [2.45, 2.75) is 116 Å². The second-order valence-corrected chi connectivity index (χ2v) is 21.4. The predicted octanol–water partition coefficient (Wildman–Crippen LogP) is 11.1. The molecule has 4 aromatic rings. The van der Waals surface area contributed by atoms with Gasteiger partial charge in [-0.1, -0.05) is 58.7 Å². The molecule has 0 saturated heterocycles. The van der Waals surface area contributed by atoms with Crippen molar-refractivity contribution in [3.63, 3.8) is 0 Å². The third-order valence-electron chi connectivity index (χ3n) is 14.8. The van der Waals surface area contributed by atoms with Gasteiger partial charge in [-0.15, -0.1) is 23.5 Å². The first-order valence-electron chi connectivity index (χ1n) is 20.3. The Morgan fingerprint density at radius 2 is 0.794 bits per heavy atom. The van der Waals surface area contributed by atoms with E-state index in [0.717, 1.165) is 0 Å². The Morgan fingerprint density at radius 3 is 1.10 bits per heavy atom. The molecular weight excluding hydrogens is 863 g/mol. The largest absolute Gasteiger partial charge is 0.714 e. The minimum Gasteiger partial charge on any atom is -0.714 e. The van der Waals surface area contributed by atoms with Crippen LogP contribution in [0.5, 0.6) is 0 Å². The van der Waals surface area contributed by atoms with Gasteiger partial charge >= 0.3 is 29.4 Å². The highest BCUT2D eigenvalue weighted by Crippen LogP contribution is 2.72. The summed E-state index contributed by atoms with van der Waals surface area (Å²) >= 11 is 2.33. The number of rotatable bonds is 4. The second kappa shape index (κ2) is 12.7. The quantitative estimate of drug-likeness (QED) is 0.115. The van der Waals surface area contributed by atoms with Crippen LogP contribution in [0, 0.1) is 10.4 Å². The van der Waals surface area contributed by atoms with E-state index in [1.807, 2.05) is 0 Å². The zero-order valence-corrected chi connectivity index (χ0v) is 36.9. The Morgan fingerprint density at radius 1 is 0.492 bits per heavy atom. The molecule has 16 heteroatoms. The number of hydrogen-bond acceptors (Lipinski definition) is 6. The van der Waals surface area contributed by atoms with Crippen LogP contribution in [0.25, 0.3) is 33.4 Å². The first kappa shape index (κ1) is 42.1. The molecule has 1 fully saturated rings. The monoisotopic (exact) mass is 902 g/mol. The smallest absolute Gasteiger partial charge is 0.380 e. The summed E-state index contributed by atoms with van der Waals surface area (Å²) in [5.41, 5.74) is -3.51. The molecule has 2 aliphatic carbocycles. The first-order chi connectivity index (χ1) is 29.2. The van der Waals surface area contributed by atoms with Gasteiger partial charge in [-0.2, -0.15) is 26.3 Å². The molecule has 1 saturated carbocycles. The van der Waals surface area contributed by atoms with E-state index in [1.165, 1.54) is 35.7 Å². The second-order valence-electron chi connectivity index (χ2n) is 19.0. The maximum atomic E-state index is 16.1. The molecule has 0 spiro atoms. The number of nitrogens with zero attached hydrogens (tertiary/aromatic N) is 4. The number of alkyl halides is 6. The van der Waals surface area contributed by atoms with Gasteiger partial charge in [-0.3, -0.25) is 9.48 Å². The Hall–Kier alpha value is -4.90. The molecule has 63 heavy (non-hydrogen) atoms. The van der Waals surface area contributed by atoms with Gasteiger partial charge in [0.1, 0.15) is 11.1 Å². The summed E-state index contributed by atoms with van der Waals surface area (Å²) in [6.07, 6.45) is 0. The molecule has 10 rings (SSSR count). The molecule has 0 N–H and O–H groups in total. The molecule has 326 valence electrons. The third kappa shape index (κ3) is 5.06.